The zero-order valence-electron chi connectivity index (χ0n) is 8.85. The van der Waals surface area contributed by atoms with Crippen LogP contribution in [0, 0.1) is 10.1 Å². The second-order valence-electron chi connectivity index (χ2n) is 3.26. The van der Waals surface area contributed by atoms with Gasteiger partial charge in [-0.1, -0.05) is 23.7 Å². The van der Waals surface area contributed by atoms with Gasteiger partial charge in [-0.2, -0.15) is 0 Å². The Bertz CT molecular complexity index is 436. The maximum absolute atomic E-state index is 11.4. The number of carbonyl (C=O) groups is 1. The van der Waals surface area contributed by atoms with E-state index in [4.69, 9.17) is 16.7 Å². The molecule has 0 unspecified atom stereocenters. The SMILES string of the molecule is O=C(Cc1cccc(Cl)c1[N+](=O)[O-])NCCO. The van der Waals surface area contributed by atoms with Crippen LogP contribution in [-0.2, 0) is 11.2 Å². The predicted octanol–water partition coefficient (Wildman–Crippen LogP) is 0.899. The first-order valence-corrected chi connectivity index (χ1v) is 5.23. The van der Waals surface area contributed by atoms with E-state index in [-0.39, 0.29) is 35.8 Å². The Kier molecular flexibility index (Phi) is 4.86. The lowest BCUT2D eigenvalue weighted by molar-refractivity contribution is -0.385. The van der Waals surface area contributed by atoms with E-state index >= 15 is 0 Å². The summed E-state index contributed by atoms with van der Waals surface area (Å²) in [5, 5.41) is 21.7. The van der Waals surface area contributed by atoms with Crippen LogP contribution >= 0.6 is 11.6 Å². The van der Waals surface area contributed by atoms with Crippen LogP contribution in [0.15, 0.2) is 18.2 Å². The van der Waals surface area contributed by atoms with Crippen LogP contribution < -0.4 is 5.32 Å². The number of halogens is 1. The minimum Gasteiger partial charge on any atom is -0.395 e. The molecular formula is C10H11ClN2O4. The fourth-order valence-electron chi connectivity index (χ4n) is 1.34. The number of aliphatic hydroxyl groups is 1. The Morgan fingerprint density at radius 1 is 1.53 bits per heavy atom. The maximum atomic E-state index is 11.4. The standard InChI is InChI=1S/C10H11ClN2O4/c11-8-3-1-2-7(10(8)13(16)17)6-9(15)12-4-5-14/h1-3,14H,4-6H2,(H,12,15). The zero-order valence-corrected chi connectivity index (χ0v) is 9.61. The van der Waals surface area contributed by atoms with Crippen LogP contribution in [-0.4, -0.2) is 29.1 Å². The molecule has 0 bridgehead atoms. The average Bonchev–Trinajstić information content (AvgIpc) is 2.25. The largest absolute Gasteiger partial charge is 0.395 e. The number of hydrogen-bond donors (Lipinski definition) is 2. The molecule has 0 radical (unpaired) electrons. The molecule has 2 N–H and O–H groups in total. The van der Waals surface area contributed by atoms with Gasteiger partial charge in [-0.3, -0.25) is 14.9 Å². The summed E-state index contributed by atoms with van der Waals surface area (Å²) in [6.45, 7) is -0.0590. The number of carbonyl (C=O) groups excluding carboxylic acids is 1. The summed E-state index contributed by atoms with van der Waals surface area (Å²) in [4.78, 5) is 21.5. The van der Waals surface area contributed by atoms with Crippen LogP contribution in [0.25, 0.3) is 0 Å². The molecule has 0 atom stereocenters. The molecule has 0 aliphatic carbocycles. The lowest BCUT2D eigenvalue weighted by Gasteiger charge is -2.05. The first-order chi connectivity index (χ1) is 8.06. The van der Waals surface area contributed by atoms with Crippen molar-refractivity contribution in [3.63, 3.8) is 0 Å². The number of nitrogens with zero attached hydrogens (tertiary/aromatic N) is 1. The molecule has 0 saturated heterocycles. The molecule has 0 aromatic heterocycles. The lowest BCUT2D eigenvalue weighted by Crippen LogP contribution is -2.28. The minimum atomic E-state index is -0.614. The monoisotopic (exact) mass is 258 g/mol. The van der Waals surface area contributed by atoms with Crippen molar-refractivity contribution in [1.29, 1.82) is 0 Å². The van der Waals surface area contributed by atoms with E-state index in [1.165, 1.54) is 12.1 Å². The minimum absolute atomic E-state index is 0.00228. The Balaban J connectivity index is 2.87. The van der Waals surface area contributed by atoms with Gasteiger partial charge in [0.05, 0.1) is 18.0 Å². The highest BCUT2D eigenvalue weighted by molar-refractivity contribution is 6.32. The normalized spacial score (nSPS) is 10.0. The summed E-state index contributed by atoms with van der Waals surface area (Å²) in [6.07, 6.45) is -0.142. The highest BCUT2D eigenvalue weighted by Gasteiger charge is 2.19. The molecule has 1 aromatic rings. The van der Waals surface area contributed by atoms with Crippen LogP contribution in [0.3, 0.4) is 0 Å². The number of para-hydroxylation sites is 1. The van der Waals surface area contributed by atoms with Gasteiger partial charge in [0.15, 0.2) is 0 Å². The van der Waals surface area contributed by atoms with Crippen molar-refractivity contribution in [2.24, 2.45) is 0 Å². The predicted molar refractivity (Wildman–Crippen MR) is 61.9 cm³/mol. The van der Waals surface area contributed by atoms with Gasteiger partial charge in [-0.25, -0.2) is 0 Å². The first-order valence-electron chi connectivity index (χ1n) is 4.85. The summed E-state index contributed by atoms with van der Waals surface area (Å²) in [5.41, 5.74) is -0.00810. The molecule has 0 heterocycles. The van der Waals surface area contributed by atoms with E-state index in [0.717, 1.165) is 0 Å². The Morgan fingerprint density at radius 3 is 2.82 bits per heavy atom. The number of nitro benzene ring substituents is 1. The topological polar surface area (TPSA) is 92.5 Å². The van der Waals surface area contributed by atoms with Crippen LogP contribution in [0.5, 0.6) is 0 Å². The van der Waals surface area contributed by atoms with Crippen LogP contribution in [0.1, 0.15) is 5.56 Å². The van der Waals surface area contributed by atoms with E-state index in [2.05, 4.69) is 5.32 Å². The van der Waals surface area contributed by atoms with Gasteiger partial charge >= 0.3 is 0 Å². The number of nitrogens with one attached hydrogen (secondary N) is 1. The van der Waals surface area contributed by atoms with Crippen LogP contribution in [0.4, 0.5) is 5.69 Å². The van der Waals surface area contributed by atoms with Gasteiger partial charge in [0.2, 0.25) is 5.91 Å². The second kappa shape index (κ2) is 6.17. The summed E-state index contributed by atoms with van der Waals surface area (Å²) in [7, 11) is 0. The highest BCUT2D eigenvalue weighted by atomic mass is 35.5. The van der Waals surface area contributed by atoms with E-state index in [0.29, 0.717) is 0 Å². The molecule has 0 aliphatic heterocycles. The third-order valence-electron chi connectivity index (χ3n) is 2.04. The third-order valence-corrected chi connectivity index (χ3v) is 2.34. The Morgan fingerprint density at radius 2 is 2.24 bits per heavy atom. The molecule has 1 aromatic carbocycles. The molecule has 7 heteroatoms. The molecular weight excluding hydrogens is 248 g/mol. The summed E-state index contributed by atoms with van der Waals surface area (Å²) in [6, 6.07) is 4.42. The highest BCUT2D eigenvalue weighted by Crippen LogP contribution is 2.28. The lowest BCUT2D eigenvalue weighted by atomic mass is 10.1. The smallest absolute Gasteiger partial charge is 0.291 e. The maximum Gasteiger partial charge on any atom is 0.291 e. The summed E-state index contributed by atoms with van der Waals surface area (Å²) >= 11 is 5.70. The van der Waals surface area contributed by atoms with E-state index in [1.807, 2.05) is 0 Å². The second-order valence-corrected chi connectivity index (χ2v) is 3.66. The summed E-state index contributed by atoms with van der Waals surface area (Å²) < 4.78 is 0. The van der Waals surface area contributed by atoms with Crippen molar-refractivity contribution in [1.82, 2.24) is 5.32 Å². The van der Waals surface area contributed by atoms with Crippen molar-refractivity contribution in [3.8, 4) is 0 Å². The third kappa shape index (κ3) is 3.69. The van der Waals surface area contributed by atoms with Gasteiger partial charge in [0, 0.05) is 12.1 Å². The van der Waals surface area contributed by atoms with E-state index in [1.54, 1.807) is 6.07 Å². The quantitative estimate of drug-likeness (QED) is 0.606. The van der Waals surface area contributed by atoms with Crippen LogP contribution in [0.2, 0.25) is 5.02 Å². The molecule has 17 heavy (non-hydrogen) atoms. The fraction of sp³-hybridized carbons (Fsp3) is 0.300. The number of aliphatic hydroxyl groups excluding tert-OH is 1. The van der Waals surface area contributed by atoms with Crippen molar-refractivity contribution < 1.29 is 14.8 Å². The molecule has 92 valence electrons. The van der Waals surface area contributed by atoms with Gasteiger partial charge in [-0.05, 0) is 6.07 Å². The van der Waals surface area contributed by atoms with Crippen molar-refractivity contribution in [2.75, 3.05) is 13.2 Å². The fourth-order valence-corrected chi connectivity index (χ4v) is 1.60. The molecule has 6 nitrogen and oxygen atoms in total. The zero-order chi connectivity index (χ0) is 12.8. The van der Waals surface area contributed by atoms with Crippen molar-refractivity contribution in [3.05, 3.63) is 38.9 Å². The number of rotatable bonds is 5. The number of amides is 1. The van der Waals surface area contributed by atoms with Gasteiger partial charge in [-0.15, -0.1) is 0 Å². The molecule has 0 aliphatic rings. The Hall–Kier alpha value is -1.66. The van der Waals surface area contributed by atoms with Crippen molar-refractivity contribution >= 4 is 23.2 Å². The number of nitro groups is 1. The Labute approximate surface area is 102 Å². The molecule has 1 amide bonds. The van der Waals surface area contributed by atoms with E-state index in [9.17, 15) is 14.9 Å². The van der Waals surface area contributed by atoms with E-state index < -0.39 is 10.8 Å². The first kappa shape index (κ1) is 13.4. The number of hydrogen-bond acceptors (Lipinski definition) is 4. The van der Waals surface area contributed by atoms with Gasteiger partial charge in [0.1, 0.15) is 5.02 Å². The summed E-state index contributed by atoms with van der Waals surface area (Å²) in [5.74, 6) is -0.399. The molecule has 0 fully saturated rings. The molecule has 1 rings (SSSR count). The molecule has 0 spiro atoms. The number of benzene rings is 1. The average molecular weight is 259 g/mol. The van der Waals surface area contributed by atoms with Gasteiger partial charge < -0.3 is 10.4 Å². The molecule has 0 saturated carbocycles. The van der Waals surface area contributed by atoms with Gasteiger partial charge in [0.25, 0.3) is 5.69 Å². The van der Waals surface area contributed by atoms with Crippen molar-refractivity contribution in [2.45, 2.75) is 6.42 Å².